The highest BCUT2D eigenvalue weighted by Gasteiger charge is 2.15. The molecule has 1 aromatic carbocycles. The lowest BCUT2D eigenvalue weighted by Gasteiger charge is -2.30. The summed E-state index contributed by atoms with van der Waals surface area (Å²) in [6.07, 6.45) is 5.40. The molecule has 0 aliphatic carbocycles. The molecule has 5 nitrogen and oxygen atoms in total. The van der Waals surface area contributed by atoms with Gasteiger partial charge in [-0.05, 0) is 68.1 Å². The molecule has 5 heteroatoms. The predicted octanol–water partition coefficient (Wildman–Crippen LogP) is 3.62. The summed E-state index contributed by atoms with van der Waals surface area (Å²) in [7, 11) is 0. The van der Waals surface area contributed by atoms with E-state index in [2.05, 4.69) is 57.6 Å². The minimum absolute atomic E-state index is 0.730. The molecular weight excluding hydrogens is 322 g/mol. The summed E-state index contributed by atoms with van der Waals surface area (Å²) >= 11 is 0. The molecule has 1 fully saturated rings. The third-order valence-electron chi connectivity index (χ3n) is 5.37. The lowest BCUT2D eigenvalue weighted by atomic mass is 9.99. The standard InChI is InChI=1S/C21H27N5/c1-17-8-11-25(12-9-17)13-10-18-4-2-5-19(14-18)22-15-20-6-3-7-21-23-16-24-26(20)21/h2-7,14,16-17,22H,8-13,15H2,1H3. The number of pyridine rings is 1. The Hall–Kier alpha value is -2.40. The first-order valence-electron chi connectivity index (χ1n) is 9.61. The first kappa shape index (κ1) is 17.0. The summed E-state index contributed by atoms with van der Waals surface area (Å²) < 4.78 is 1.88. The zero-order valence-electron chi connectivity index (χ0n) is 15.4. The Morgan fingerprint density at radius 3 is 2.85 bits per heavy atom. The quantitative estimate of drug-likeness (QED) is 0.738. The van der Waals surface area contributed by atoms with Crippen molar-refractivity contribution in [1.82, 2.24) is 19.5 Å². The van der Waals surface area contributed by atoms with Crippen LogP contribution >= 0.6 is 0 Å². The van der Waals surface area contributed by atoms with Gasteiger partial charge in [-0.25, -0.2) is 9.50 Å². The number of aromatic nitrogens is 3. The average molecular weight is 349 g/mol. The Morgan fingerprint density at radius 2 is 1.96 bits per heavy atom. The van der Waals surface area contributed by atoms with E-state index in [-0.39, 0.29) is 0 Å². The molecule has 136 valence electrons. The van der Waals surface area contributed by atoms with Crippen LogP contribution in [0.2, 0.25) is 0 Å². The highest BCUT2D eigenvalue weighted by atomic mass is 15.3. The number of piperidine rings is 1. The SMILES string of the molecule is CC1CCN(CCc2cccc(NCc3cccc4ncnn34)c2)CC1. The molecule has 0 radical (unpaired) electrons. The van der Waals surface area contributed by atoms with Gasteiger partial charge in [0.2, 0.25) is 0 Å². The first-order valence-corrected chi connectivity index (χ1v) is 9.61. The zero-order chi connectivity index (χ0) is 17.8. The number of nitrogens with one attached hydrogen (secondary N) is 1. The molecule has 26 heavy (non-hydrogen) atoms. The Balaban J connectivity index is 1.34. The highest BCUT2D eigenvalue weighted by molar-refractivity contribution is 5.46. The minimum Gasteiger partial charge on any atom is -0.379 e. The van der Waals surface area contributed by atoms with E-state index >= 15 is 0 Å². The minimum atomic E-state index is 0.730. The molecule has 0 bridgehead atoms. The maximum absolute atomic E-state index is 4.30. The molecule has 0 spiro atoms. The summed E-state index contributed by atoms with van der Waals surface area (Å²) in [5, 5.41) is 7.82. The molecular formula is C21H27N5. The van der Waals surface area contributed by atoms with Crippen molar-refractivity contribution < 1.29 is 0 Å². The summed E-state index contributed by atoms with van der Waals surface area (Å²) in [6, 6.07) is 14.9. The number of rotatable bonds is 6. The van der Waals surface area contributed by atoms with Crippen molar-refractivity contribution in [3.05, 3.63) is 60.0 Å². The van der Waals surface area contributed by atoms with Crippen LogP contribution in [-0.4, -0.2) is 39.1 Å². The van der Waals surface area contributed by atoms with Crippen molar-refractivity contribution in [2.24, 2.45) is 5.92 Å². The van der Waals surface area contributed by atoms with Gasteiger partial charge in [-0.1, -0.05) is 25.1 Å². The van der Waals surface area contributed by atoms with E-state index in [9.17, 15) is 0 Å². The fourth-order valence-electron chi connectivity index (χ4n) is 3.64. The molecule has 3 heterocycles. The van der Waals surface area contributed by atoms with Crippen LogP contribution in [0.5, 0.6) is 0 Å². The van der Waals surface area contributed by atoms with E-state index in [1.54, 1.807) is 6.33 Å². The van der Waals surface area contributed by atoms with Crippen LogP contribution < -0.4 is 5.32 Å². The van der Waals surface area contributed by atoms with Crippen molar-refractivity contribution in [1.29, 1.82) is 0 Å². The van der Waals surface area contributed by atoms with Gasteiger partial charge in [0.1, 0.15) is 6.33 Å². The third-order valence-corrected chi connectivity index (χ3v) is 5.37. The predicted molar refractivity (Wildman–Crippen MR) is 105 cm³/mol. The maximum atomic E-state index is 4.30. The van der Waals surface area contributed by atoms with E-state index in [0.29, 0.717) is 0 Å². The lowest BCUT2D eigenvalue weighted by molar-refractivity contribution is 0.194. The highest BCUT2D eigenvalue weighted by Crippen LogP contribution is 2.17. The summed E-state index contributed by atoms with van der Waals surface area (Å²) in [5.74, 6) is 0.896. The topological polar surface area (TPSA) is 45.5 Å². The largest absolute Gasteiger partial charge is 0.379 e. The fourth-order valence-corrected chi connectivity index (χ4v) is 3.64. The van der Waals surface area contributed by atoms with E-state index in [4.69, 9.17) is 0 Å². The lowest BCUT2D eigenvalue weighted by Crippen LogP contribution is -2.34. The van der Waals surface area contributed by atoms with Crippen LogP contribution in [0.4, 0.5) is 5.69 Å². The number of nitrogens with zero attached hydrogens (tertiary/aromatic N) is 4. The van der Waals surface area contributed by atoms with E-state index < -0.39 is 0 Å². The van der Waals surface area contributed by atoms with Gasteiger partial charge in [0.25, 0.3) is 0 Å². The number of hydrogen-bond donors (Lipinski definition) is 1. The van der Waals surface area contributed by atoms with Gasteiger partial charge in [-0.2, -0.15) is 5.10 Å². The van der Waals surface area contributed by atoms with Crippen molar-refractivity contribution in [3.8, 4) is 0 Å². The molecule has 1 saturated heterocycles. The molecule has 1 N–H and O–H groups in total. The van der Waals surface area contributed by atoms with Gasteiger partial charge >= 0.3 is 0 Å². The normalized spacial score (nSPS) is 16.2. The van der Waals surface area contributed by atoms with Gasteiger partial charge in [0, 0.05) is 12.2 Å². The van der Waals surface area contributed by atoms with Crippen LogP contribution in [0.25, 0.3) is 5.65 Å². The van der Waals surface area contributed by atoms with Crippen LogP contribution in [0, 0.1) is 5.92 Å². The van der Waals surface area contributed by atoms with Crippen LogP contribution in [0.15, 0.2) is 48.8 Å². The first-order chi connectivity index (χ1) is 12.8. The maximum Gasteiger partial charge on any atom is 0.155 e. The van der Waals surface area contributed by atoms with Crippen LogP contribution in [0.3, 0.4) is 0 Å². The molecule has 3 aromatic rings. The molecule has 0 atom stereocenters. The number of benzene rings is 1. The Kier molecular flexibility index (Phi) is 5.16. The molecule has 0 unspecified atom stereocenters. The average Bonchev–Trinajstić information content (AvgIpc) is 3.16. The zero-order valence-corrected chi connectivity index (χ0v) is 15.4. The van der Waals surface area contributed by atoms with E-state index in [1.165, 1.54) is 31.5 Å². The smallest absolute Gasteiger partial charge is 0.155 e. The fraction of sp³-hybridized carbons (Fsp3) is 0.429. The Labute approximate surface area is 155 Å². The second-order valence-corrected chi connectivity index (χ2v) is 7.38. The summed E-state index contributed by atoms with van der Waals surface area (Å²) in [5.41, 5.74) is 4.54. The molecule has 1 aliphatic rings. The van der Waals surface area contributed by atoms with Crippen molar-refractivity contribution in [3.63, 3.8) is 0 Å². The van der Waals surface area contributed by atoms with E-state index in [0.717, 1.165) is 42.5 Å². The van der Waals surface area contributed by atoms with E-state index in [1.807, 2.05) is 16.6 Å². The summed E-state index contributed by atoms with van der Waals surface area (Å²) in [4.78, 5) is 6.84. The third kappa shape index (κ3) is 4.05. The summed E-state index contributed by atoms with van der Waals surface area (Å²) in [6.45, 7) is 6.76. The van der Waals surface area contributed by atoms with Crippen LogP contribution in [-0.2, 0) is 13.0 Å². The van der Waals surface area contributed by atoms with Gasteiger partial charge in [0.05, 0.1) is 12.2 Å². The molecule has 0 amide bonds. The number of anilines is 1. The van der Waals surface area contributed by atoms with Crippen molar-refractivity contribution in [2.45, 2.75) is 32.7 Å². The number of likely N-dealkylation sites (tertiary alicyclic amines) is 1. The second-order valence-electron chi connectivity index (χ2n) is 7.38. The van der Waals surface area contributed by atoms with Gasteiger partial charge in [-0.3, -0.25) is 0 Å². The monoisotopic (exact) mass is 349 g/mol. The van der Waals surface area contributed by atoms with Gasteiger partial charge in [0.15, 0.2) is 5.65 Å². The second kappa shape index (κ2) is 7.87. The molecule has 2 aromatic heterocycles. The Bertz CT molecular complexity index is 848. The van der Waals surface area contributed by atoms with Crippen LogP contribution in [0.1, 0.15) is 31.0 Å². The number of fused-ring (bicyclic) bond motifs is 1. The number of hydrogen-bond acceptors (Lipinski definition) is 4. The van der Waals surface area contributed by atoms with Crippen molar-refractivity contribution >= 4 is 11.3 Å². The van der Waals surface area contributed by atoms with Gasteiger partial charge < -0.3 is 10.2 Å². The van der Waals surface area contributed by atoms with Gasteiger partial charge in [-0.15, -0.1) is 0 Å². The Morgan fingerprint density at radius 1 is 1.12 bits per heavy atom. The molecule has 4 rings (SSSR count). The van der Waals surface area contributed by atoms with Crippen molar-refractivity contribution in [2.75, 3.05) is 25.0 Å². The molecule has 1 aliphatic heterocycles. The molecule has 0 saturated carbocycles.